The van der Waals surface area contributed by atoms with Gasteiger partial charge in [-0.25, -0.2) is 0 Å². The lowest BCUT2D eigenvalue weighted by molar-refractivity contribution is 0.132. The lowest BCUT2D eigenvalue weighted by atomic mass is 10.2. The highest BCUT2D eigenvalue weighted by Crippen LogP contribution is 1.99. The highest BCUT2D eigenvalue weighted by molar-refractivity contribution is 6.24. The minimum absolute atomic E-state index is 0.384. The Balaban J connectivity index is 2.29. The molecular weight excluding hydrogens is 174 g/mol. The van der Waals surface area contributed by atoms with Crippen molar-refractivity contribution in [3.8, 4) is 0 Å². The standard InChI is InChI=1S/C9H10ClNO/c10-6-7-11-12-8-9-4-2-1-3-5-9/h1-5,7H,6,8H2/b11-7+. The van der Waals surface area contributed by atoms with Crippen LogP contribution in [0, 0.1) is 0 Å². The molecule has 12 heavy (non-hydrogen) atoms. The van der Waals surface area contributed by atoms with Crippen LogP contribution in [-0.4, -0.2) is 12.1 Å². The summed E-state index contributed by atoms with van der Waals surface area (Å²) in [5.74, 6) is 0.384. The number of hydrogen-bond donors (Lipinski definition) is 0. The molecule has 0 aliphatic rings. The summed E-state index contributed by atoms with van der Waals surface area (Å²) in [5.41, 5.74) is 1.10. The van der Waals surface area contributed by atoms with Gasteiger partial charge in [0.25, 0.3) is 0 Å². The minimum Gasteiger partial charge on any atom is -0.391 e. The first-order chi connectivity index (χ1) is 5.93. The van der Waals surface area contributed by atoms with Gasteiger partial charge in [0.05, 0.1) is 12.1 Å². The fraction of sp³-hybridized carbons (Fsp3) is 0.222. The summed E-state index contributed by atoms with van der Waals surface area (Å²) in [6, 6.07) is 9.85. The minimum atomic E-state index is 0.384. The molecule has 0 radical (unpaired) electrons. The van der Waals surface area contributed by atoms with E-state index < -0.39 is 0 Å². The Morgan fingerprint density at radius 3 is 2.75 bits per heavy atom. The van der Waals surface area contributed by atoms with Gasteiger partial charge in [-0.1, -0.05) is 35.5 Å². The number of rotatable bonds is 4. The van der Waals surface area contributed by atoms with Gasteiger partial charge in [0.2, 0.25) is 0 Å². The van der Waals surface area contributed by atoms with Crippen molar-refractivity contribution in [2.45, 2.75) is 6.61 Å². The zero-order chi connectivity index (χ0) is 8.65. The van der Waals surface area contributed by atoms with Crippen molar-refractivity contribution >= 4 is 17.8 Å². The van der Waals surface area contributed by atoms with Gasteiger partial charge >= 0.3 is 0 Å². The largest absolute Gasteiger partial charge is 0.391 e. The topological polar surface area (TPSA) is 21.6 Å². The second kappa shape index (κ2) is 5.61. The number of hydrogen-bond acceptors (Lipinski definition) is 2. The number of benzene rings is 1. The third-order valence-corrected chi connectivity index (χ3v) is 1.43. The van der Waals surface area contributed by atoms with Crippen molar-refractivity contribution in [1.29, 1.82) is 0 Å². The molecular formula is C9H10ClNO. The van der Waals surface area contributed by atoms with Crippen LogP contribution in [0.5, 0.6) is 0 Å². The maximum atomic E-state index is 5.35. The molecule has 1 aromatic rings. The number of nitrogens with zero attached hydrogens (tertiary/aromatic N) is 1. The van der Waals surface area contributed by atoms with E-state index in [1.165, 1.54) is 6.21 Å². The number of oxime groups is 1. The smallest absolute Gasteiger partial charge is 0.142 e. The normalized spacial score (nSPS) is 10.4. The van der Waals surface area contributed by atoms with Gasteiger partial charge in [0.1, 0.15) is 6.61 Å². The molecule has 0 aliphatic heterocycles. The van der Waals surface area contributed by atoms with Crippen molar-refractivity contribution < 1.29 is 4.84 Å². The molecule has 2 nitrogen and oxygen atoms in total. The number of halogens is 1. The molecule has 1 aromatic carbocycles. The summed E-state index contributed by atoms with van der Waals surface area (Å²) in [6.07, 6.45) is 1.52. The van der Waals surface area contributed by atoms with E-state index in [4.69, 9.17) is 16.4 Å². The van der Waals surface area contributed by atoms with Gasteiger partial charge in [0.15, 0.2) is 0 Å². The fourth-order valence-electron chi connectivity index (χ4n) is 0.767. The maximum Gasteiger partial charge on any atom is 0.142 e. The highest BCUT2D eigenvalue weighted by Gasteiger charge is 1.87. The molecule has 0 saturated carbocycles. The van der Waals surface area contributed by atoms with Crippen LogP contribution in [0.3, 0.4) is 0 Å². The van der Waals surface area contributed by atoms with E-state index >= 15 is 0 Å². The predicted octanol–water partition coefficient (Wildman–Crippen LogP) is 2.43. The maximum absolute atomic E-state index is 5.35. The summed E-state index contributed by atoms with van der Waals surface area (Å²) in [5, 5.41) is 3.63. The van der Waals surface area contributed by atoms with E-state index in [1.807, 2.05) is 30.3 Å². The second-order valence-electron chi connectivity index (χ2n) is 2.20. The van der Waals surface area contributed by atoms with Crippen LogP contribution in [0.2, 0.25) is 0 Å². The van der Waals surface area contributed by atoms with Crippen LogP contribution in [0.4, 0.5) is 0 Å². The van der Waals surface area contributed by atoms with E-state index in [1.54, 1.807) is 0 Å². The average Bonchev–Trinajstić information content (AvgIpc) is 2.14. The third-order valence-electron chi connectivity index (χ3n) is 1.29. The average molecular weight is 184 g/mol. The molecule has 0 saturated heterocycles. The molecule has 0 N–H and O–H groups in total. The first-order valence-corrected chi connectivity index (χ1v) is 4.20. The van der Waals surface area contributed by atoms with Crippen molar-refractivity contribution in [1.82, 2.24) is 0 Å². The molecule has 3 heteroatoms. The summed E-state index contributed by atoms with van der Waals surface area (Å²) in [7, 11) is 0. The zero-order valence-electron chi connectivity index (χ0n) is 6.61. The Bertz CT molecular complexity index is 236. The van der Waals surface area contributed by atoms with Crippen LogP contribution < -0.4 is 0 Å². The Labute approximate surface area is 76.8 Å². The third kappa shape index (κ3) is 3.39. The molecule has 0 atom stereocenters. The van der Waals surface area contributed by atoms with Crippen LogP contribution in [0.25, 0.3) is 0 Å². The summed E-state index contributed by atoms with van der Waals surface area (Å²) in [4.78, 5) is 4.95. The molecule has 0 aliphatic carbocycles. The monoisotopic (exact) mass is 183 g/mol. The van der Waals surface area contributed by atoms with Crippen LogP contribution in [-0.2, 0) is 11.4 Å². The predicted molar refractivity (Wildman–Crippen MR) is 50.4 cm³/mol. The fourth-order valence-corrected chi connectivity index (χ4v) is 0.823. The molecule has 0 aromatic heterocycles. The summed E-state index contributed by atoms with van der Waals surface area (Å²) >= 11 is 5.35. The second-order valence-corrected chi connectivity index (χ2v) is 2.51. The molecule has 0 heterocycles. The van der Waals surface area contributed by atoms with E-state index in [-0.39, 0.29) is 0 Å². The highest BCUT2D eigenvalue weighted by atomic mass is 35.5. The van der Waals surface area contributed by atoms with Crippen molar-refractivity contribution in [3.05, 3.63) is 35.9 Å². The Morgan fingerprint density at radius 1 is 1.33 bits per heavy atom. The van der Waals surface area contributed by atoms with Gasteiger partial charge in [-0.05, 0) is 5.56 Å². The van der Waals surface area contributed by atoms with Crippen molar-refractivity contribution in [3.63, 3.8) is 0 Å². The van der Waals surface area contributed by atoms with Gasteiger partial charge in [-0.2, -0.15) is 0 Å². The zero-order valence-corrected chi connectivity index (χ0v) is 7.37. The number of alkyl halides is 1. The van der Waals surface area contributed by atoms with Crippen molar-refractivity contribution in [2.75, 3.05) is 5.88 Å². The molecule has 0 bridgehead atoms. The molecule has 0 fully saturated rings. The van der Waals surface area contributed by atoms with Crippen molar-refractivity contribution in [2.24, 2.45) is 5.16 Å². The molecule has 0 amide bonds. The Morgan fingerprint density at radius 2 is 2.08 bits per heavy atom. The molecule has 1 rings (SSSR count). The van der Waals surface area contributed by atoms with E-state index in [9.17, 15) is 0 Å². The van der Waals surface area contributed by atoms with Crippen LogP contribution >= 0.6 is 11.6 Å². The Hall–Kier alpha value is -1.02. The lowest BCUT2D eigenvalue weighted by Crippen LogP contribution is -1.86. The molecule has 0 spiro atoms. The molecule has 64 valence electrons. The van der Waals surface area contributed by atoms with E-state index in [0.29, 0.717) is 12.5 Å². The van der Waals surface area contributed by atoms with Gasteiger partial charge in [-0.3, -0.25) is 0 Å². The van der Waals surface area contributed by atoms with Crippen LogP contribution in [0.1, 0.15) is 5.56 Å². The summed E-state index contributed by atoms with van der Waals surface area (Å²) < 4.78 is 0. The first-order valence-electron chi connectivity index (χ1n) is 3.67. The first kappa shape index (κ1) is 9.07. The van der Waals surface area contributed by atoms with E-state index in [0.717, 1.165) is 5.56 Å². The van der Waals surface area contributed by atoms with Gasteiger partial charge in [-0.15, -0.1) is 11.6 Å². The lowest BCUT2D eigenvalue weighted by Gasteiger charge is -1.97. The van der Waals surface area contributed by atoms with Gasteiger partial charge < -0.3 is 4.84 Å². The SMILES string of the molecule is ClC/C=N/OCc1ccccc1. The summed E-state index contributed by atoms with van der Waals surface area (Å²) in [6.45, 7) is 0.494. The van der Waals surface area contributed by atoms with Gasteiger partial charge in [0, 0.05) is 0 Å². The van der Waals surface area contributed by atoms with Crippen LogP contribution in [0.15, 0.2) is 35.5 Å². The van der Waals surface area contributed by atoms with E-state index in [2.05, 4.69) is 5.16 Å². The quantitative estimate of drug-likeness (QED) is 0.399. The molecule has 0 unspecified atom stereocenters. The Kier molecular flexibility index (Phi) is 4.24.